The van der Waals surface area contributed by atoms with Crippen LogP contribution in [-0.2, 0) is 0 Å². The third kappa shape index (κ3) is 4.24. The van der Waals surface area contributed by atoms with Crippen LogP contribution in [0.4, 0.5) is 23.7 Å². The summed E-state index contributed by atoms with van der Waals surface area (Å²) in [6.45, 7) is 1.50. The molecule has 1 aromatic carbocycles. The number of benzene rings is 1. The Hall–Kier alpha value is -2.58. The quantitative estimate of drug-likeness (QED) is 0.518. The van der Waals surface area contributed by atoms with E-state index in [1.165, 1.54) is 23.1 Å². The number of carbonyl (C=O) groups excluding carboxylic acids is 1. The third-order valence-corrected chi connectivity index (χ3v) is 3.78. The first-order valence-electron chi connectivity index (χ1n) is 7.24. The van der Waals surface area contributed by atoms with Gasteiger partial charge in [-0.1, -0.05) is 18.2 Å². The van der Waals surface area contributed by atoms with Crippen LogP contribution in [0.2, 0.25) is 0 Å². The zero-order chi connectivity index (χ0) is 17.9. The number of urea groups is 1. The molecule has 0 saturated carbocycles. The zero-order valence-corrected chi connectivity index (χ0v) is 12.8. The Morgan fingerprint density at radius 1 is 1.42 bits per heavy atom. The topological polar surface area (TPSA) is 75.5 Å². The van der Waals surface area contributed by atoms with Crippen molar-refractivity contribution in [3.63, 3.8) is 0 Å². The Kier molecular flexibility index (Phi) is 5.10. The van der Waals surface area contributed by atoms with E-state index in [2.05, 4.69) is 5.32 Å². The Bertz CT molecular complexity index is 673. The van der Waals surface area contributed by atoms with E-state index in [0.717, 1.165) is 6.08 Å². The van der Waals surface area contributed by atoms with Gasteiger partial charge in [0.2, 0.25) is 0 Å². The van der Waals surface area contributed by atoms with Crippen molar-refractivity contribution in [2.75, 3.05) is 13.1 Å². The minimum atomic E-state index is -4.36. The van der Waals surface area contributed by atoms with Crippen molar-refractivity contribution in [1.29, 1.82) is 0 Å². The summed E-state index contributed by atoms with van der Waals surface area (Å²) in [5, 5.41) is 13.4. The number of nitro benzene ring substituents is 1. The fraction of sp³-hybridized carbons (Fsp3) is 0.400. The highest BCUT2D eigenvalue weighted by molar-refractivity contribution is 5.75. The number of alkyl halides is 3. The standard InChI is InChI=1S/C15H16F3N3O3/c1-10(11-3-2-4-13(9-11)21(23)24)19-14(22)20-7-5-12(6-8-20)15(16,17)18/h2-5,9-10H,6-8H2,1H3,(H,19,22). The highest BCUT2D eigenvalue weighted by Crippen LogP contribution is 2.30. The van der Waals surface area contributed by atoms with Crippen molar-refractivity contribution in [2.45, 2.75) is 25.6 Å². The van der Waals surface area contributed by atoms with Crippen LogP contribution >= 0.6 is 0 Å². The van der Waals surface area contributed by atoms with Crippen LogP contribution in [0.25, 0.3) is 0 Å². The monoisotopic (exact) mass is 343 g/mol. The first-order valence-corrected chi connectivity index (χ1v) is 7.24. The van der Waals surface area contributed by atoms with Gasteiger partial charge in [0.25, 0.3) is 5.69 Å². The Morgan fingerprint density at radius 2 is 2.12 bits per heavy atom. The van der Waals surface area contributed by atoms with Gasteiger partial charge in [0.15, 0.2) is 0 Å². The average molecular weight is 343 g/mol. The van der Waals surface area contributed by atoms with Gasteiger partial charge in [0.05, 0.1) is 11.0 Å². The number of nitro groups is 1. The lowest BCUT2D eigenvalue weighted by Gasteiger charge is -2.28. The molecule has 0 fully saturated rings. The molecule has 0 bridgehead atoms. The van der Waals surface area contributed by atoms with Gasteiger partial charge >= 0.3 is 12.2 Å². The zero-order valence-electron chi connectivity index (χ0n) is 12.8. The number of non-ortho nitro benzene ring substituents is 1. The van der Waals surface area contributed by atoms with E-state index in [1.807, 2.05) is 0 Å². The van der Waals surface area contributed by atoms with E-state index in [0.29, 0.717) is 5.56 Å². The van der Waals surface area contributed by atoms with Gasteiger partial charge in [-0.2, -0.15) is 13.2 Å². The average Bonchev–Trinajstić information content (AvgIpc) is 2.54. The molecule has 6 nitrogen and oxygen atoms in total. The number of hydrogen-bond donors (Lipinski definition) is 1. The molecule has 0 radical (unpaired) electrons. The van der Waals surface area contributed by atoms with E-state index in [-0.39, 0.29) is 25.2 Å². The maximum Gasteiger partial charge on any atom is 0.412 e. The van der Waals surface area contributed by atoms with E-state index in [4.69, 9.17) is 0 Å². The summed E-state index contributed by atoms with van der Waals surface area (Å²) in [5.41, 5.74) is -0.177. The molecule has 0 spiro atoms. The van der Waals surface area contributed by atoms with Crippen molar-refractivity contribution in [2.24, 2.45) is 0 Å². The maximum absolute atomic E-state index is 12.6. The molecule has 1 aliphatic heterocycles. The van der Waals surface area contributed by atoms with E-state index >= 15 is 0 Å². The molecule has 0 aromatic heterocycles. The lowest BCUT2D eigenvalue weighted by molar-refractivity contribution is -0.384. The van der Waals surface area contributed by atoms with Gasteiger partial charge in [0, 0.05) is 30.8 Å². The second-order valence-corrected chi connectivity index (χ2v) is 5.45. The van der Waals surface area contributed by atoms with Gasteiger partial charge in [-0.15, -0.1) is 0 Å². The van der Waals surface area contributed by atoms with Crippen LogP contribution in [0.3, 0.4) is 0 Å². The van der Waals surface area contributed by atoms with Crippen LogP contribution in [0, 0.1) is 10.1 Å². The van der Waals surface area contributed by atoms with Crippen molar-refractivity contribution in [1.82, 2.24) is 10.2 Å². The third-order valence-electron chi connectivity index (χ3n) is 3.78. The van der Waals surface area contributed by atoms with Crippen LogP contribution in [-0.4, -0.2) is 35.1 Å². The highest BCUT2D eigenvalue weighted by Gasteiger charge is 2.35. The van der Waals surface area contributed by atoms with E-state index < -0.39 is 28.7 Å². The van der Waals surface area contributed by atoms with Crippen LogP contribution in [0.15, 0.2) is 35.9 Å². The van der Waals surface area contributed by atoms with Crippen molar-refractivity contribution in [3.05, 3.63) is 51.6 Å². The van der Waals surface area contributed by atoms with Gasteiger partial charge in [-0.05, 0) is 18.9 Å². The summed E-state index contributed by atoms with van der Waals surface area (Å²) in [7, 11) is 0. The molecule has 0 saturated heterocycles. The first-order chi connectivity index (χ1) is 11.2. The summed E-state index contributed by atoms with van der Waals surface area (Å²) in [4.78, 5) is 23.6. The van der Waals surface area contributed by atoms with E-state index in [1.54, 1.807) is 13.0 Å². The van der Waals surface area contributed by atoms with Gasteiger partial charge in [0.1, 0.15) is 0 Å². The molecule has 1 aromatic rings. The number of rotatable bonds is 3. The van der Waals surface area contributed by atoms with Crippen molar-refractivity contribution in [3.8, 4) is 0 Å². The van der Waals surface area contributed by atoms with Crippen molar-refractivity contribution >= 4 is 11.7 Å². The molecule has 1 atom stereocenters. The number of hydrogen-bond acceptors (Lipinski definition) is 3. The molecule has 1 unspecified atom stereocenters. The molecule has 24 heavy (non-hydrogen) atoms. The molecule has 1 heterocycles. The minimum absolute atomic E-state index is 0.0289. The van der Waals surface area contributed by atoms with Crippen LogP contribution < -0.4 is 5.32 Å². The lowest BCUT2D eigenvalue weighted by atomic mass is 10.1. The second kappa shape index (κ2) is 6.90. The molecular weight excluding hydrogens is 327 g/mol. The van der Waals surface area contributed by atoms with Crippen LogP contribution in [0.5, 0.6) is 0 Å². The lowest BCUT2D eigenvalue weighted by Crippen LogP contribution is -2.43. The largest absolute Gasteiger partial charge is 0.412 e. The van der Waals surface area contributed by atoms with Gasteiger partial charge < -0.3 is 10.2 Å². The molecule has 2 amide bonds. The Labute approximate surface area is 136 Å². The number of halogens is 3. The molecular formula is C15H16F3N3O3. The van der Waals surface area contributed by atoms with E-state index in [9.17, 15) is 28.1 Å². The summed E-state index contributed by atoms with van der Waals surface area (Å²) in [5.74, 6) is 0. The maximum atomic E-state index is 12.6. The predicted molar refractivity (Wildman–Crippen MR) is 80.4 cm³/mol. The molecule has 9 heteroatoms. The molecule has 130 valence electrons. The summed E-state index contributed by atoms with van der Waals surface area (Å²) >= 11 is 0. The number of nitrogens with zero attached hydrogens (tertiary/aromatic N) is 2. The summed E-state index contributed by atoms with van der Waals surface area (Å²) in [6, 6.07) is 4.82. The summed E-state index contributed by atoms with van der Waals surface area (Å²) < 4.78 is 37.7. The normalized spacial score (nSPS) is 16.3. The van der Waals surface area contributed by atoms with Crippen LogP contribution in [0.1, 0.15) is 24.9 Å². The number of nitrogens with one attached hydrogen (secondary N) is 1. The van der Waals surface area contributed by atoms with Gasteiger partial charge in [-0.3, -0.25) is 10.1 Å². The van der Waals surface area contributed by atoms with Crippen molar-refractivity contribution < 1.29 is 22.9 Å². The predicted octanol–water partition coefficient (Wildman–Crippen LogP) is 3.56. The fourth-order valence-electron chi connectivity index (χ4n) is 2.38. The SMILES string of the molecule is CC(NC(=O)N1CC=C(C(F)(F)F)CC1)c1cccc([N+](=O)[O-])c1. The number of amides is 2. The molecule has 0 aliphatic carbocycles. The molecule has 1 N–H and O–H groups in total. The number of carbonyl (C=O) groups is 1. The smallest absolute Gasteiger partial charge is 0.331 e. The first kappa shape index (κ1) is 17.8. The van der Waals surface area contributed by atoms with Gasteiger partial charge in [-0.25, -0.2) is 4.79 Å². The second-order valence-electron chi connectivity index (χ2n) is 5.45. The summed E-state index contributed by atoms with van der Waals surface area (Å²) in [6.07, 6.45) is -3.61. The molecule has 2 rings (SSSR count). The molecule has 1 aliphatic rings. The minimum Gasteiger partial charge on any atom is -0.331 e. The fourth-order valence-corrected chi connectivity index (χ4v) is 2.38. The Balaban J connectivity index is 1.99. The highest BCUT2D eigenvalue weighted by atomic mass is 19.4. The Morgan fingerprint density at radius 3 is 2.67 bits per heavy atom.